The van der Waals surface area contributed by atoms with Gasteiger partial charge in [0.2, 0.25) is 5.43 Å². The predicted molar refractivity (Wildman–Crippen MR) is 118 cm³/mol. The molecule has 170 valence electrons. The van der Waals surface area contributed by atoms with Gasteiger partial charge in [0, 0.05) is 37.9 Å². The Kier molecular flexibility index (Phi) is 6.24. The zero-order chi connectivity index (χ0) is 23.7. The van der Waals surface area contributed by atoms with Crippen molar-refractivity contribution >= 4 is 23.4 Å². The molecule has 1 aliphatic rings. The van der Waals surface area contributed by atoms with E-state index in [1.165, 1.54) is 44.8 Å². The topological polar surface area (TPSA) is 75.5 Å². The molecule has 7 nitrogen and oxygen atoms in total. The Morgan fingerprint density at radius 3 is 2.21 bits per heavy atom. The van der Waals surface area contributed by atoms with Crippen LogP contribution < -0.4 is 5.43 Å². The molecular formula is C23H19ClF2N4O3. The second kappa shape index (κ2) is 9.11. The number of rotatable bonds is 3. The van der Waals surface area contributed by atoms with E-state index in [0.29, 0.717) is 5.69 Å². The number of halogens is 3. The molecule has 1 saturated heterocycles. The lowest BCUT2D eigenvalue weighted by atomic mass is 10.1. The maximum absolute atomic E-state index is 14.3. The van der Waals surface area contributed by atoms with E-state index in [-0.39, 0.29) is 54.1 Å². The first-order valence-corrected chi connectivity index (χ1v) is 10.5. The van der Waals surface area contributed by atoms with Crippen LogP contribution in [0.15, 0.2) is 53.3 Å². The molecule has 0 N–H and O–H groups in total. The Morgan fingerprint density at radius 1 is 0.939 bits per heavy atom. The fourth-order valence-electron chi connectivity index (χ4n) is 3.66. The fraction of sp³-hybridized carbons (Fsp3) is 0.217. The van der Waals surface area contributed by atoms with E-state index in [2.05, 4.69) is 5.10 Å². The molecule has 1 aromatic heterocycles. The maximum Gasteiger partial charge on any atom is 0.278 e. The van der Waals surface area contributed by atoms with Crippen LogP contribution in [0.25, 0.3) is 5.69 Å². The monoisotopic (exact) mass is 472 g/mol. The third-order valence-electron chi connectivity index (χ3n) is 5.41. The highest BCUT2D eigenvalue weighted by Gasteiger charge is 2.29. The second-order valence-corrected chi connectivity index (χ2v) is 7.98. The van der Waals surface area contributed by atoms with Gasteiger partial charge in [-0.05, 0) is 37.3 Å². The van der Waals surface area contributed by atoms with Gasteiger partial charge in [-0.3, -0.25) is 14.4 Å². The van der Waals surface area contributed by atoms with Crippen molar-refractivity contribution in [3.63, 3.8) is 0 Å². The van der Waals surface area contributed by atoms with E-state index in [0.717, 1.165) is 12.1 Å². The molecule has 2 heterocycles. The van der Waals surface area contributed by atoms with Gasteiger partial charge < -0.3 is 9.80 Å². The summed E-state index contributed by atoms with van der Waals surface area (Å²) in [5.41, 5.74) is -0.221. The van der Waals surface area contributed by atoms with Crippen LogP contribution in [0.4, 0.5) is 8.78 Å². The van der Waals surface area contributed by atoms with Gasteiger partial charge in [0.25, 0.3) is 11.8 Å². The zero-order valence-corrected chi connectivity index (χ0v) is 18.4. The molecule has 0 saturated carbocycles. The van der Waals surface area contributed by atoms with Gasteiger partial charge in [0.15, 0.2) is 5.69 Å². The number of carbonyl (C=O) groups excluding carboxylic acids is 2. The van der Waals surface area contributed by atoms with Gasteiger partial charge in [0.1, 0.15) is 17.3 Å². The van der Waals surface area contributed by atoms with Crippen molar-refractivity contribution in [1.82, 2.24) is 19.6 Å². The van der Waals surface area contributed by atoms with E-state index >= 15 is 0 Å². The van der Waals surface area contributed by atoms with Crippen LogP contribution in [0.5, 0.6) is 0 Å². The first-order chi connectivity index (χ1) is 15.8. The number of nitrogens with zero attached hydrogens (tertiary/aromatic N) is 4. The Balaban J connectivity index is 1.52. The summed E-state index contributed by atoms with van der Waals surface area (Å²) in [6.07, 6.45) is 0. The summed E-state index contributed by atoms with van der Waals surface area (Å²) >= 11 is 5.99. The smallest absolute Gasteiger partial charge is 0.278 e. The molecule has 0 atom stereocenters. The standard InChI is InChI=1S/C23H19ClF2N4O3/c1-14-12-20(31)21(27-30(14)19-5-3-2-4-18(19)26)23(33)29-10-8-28(9-11-29)22(32)16-7-6-15(25)13-17(16)24/h2-7,12-13H,8-11H2,1H3. The molecule has 4 rings (SSSR count). The number of hydrogen-bond acceptors (Lipinski definition) is 4. The van der Waals surface area contributed by atoms with E-state index in [1.54, 1.807) is 13.0 Å². The summed E-state index contributed by atoms with van der Waals surface area (Å²) in [6.45, 7) is 2.33. The molecule has 2 aromatic carbocycles. The Morgan fingerprint density at radius 2 is 1.58 bits per heavy atom. The molecule has 3 aromatic rings. The summed E-state index contributed by atoms with van der Waals surface area (Å²) in [4.78, 5) is 41.2. The molecule has 0 radical (unpaired) electrons. The summed E-state index contributed by atoms with van der Waals surface area (Å²) < 4.78 is 28.7. The molecule has 1 fully saturated rings. The number of hydrogen-bond donors (Lipinski definition) is 0. The average molecular weight is 473 g/mol. The third-order valence-corrected chi connectivity index (χ3v) is 5.72. The molecule has 0 unspecified atom stereocenters. The van der Waals surface area contributed by atoms with Crippen LogP contribution in [-0.4, -0.2) is 57.6 Å². The van der Waals surface area contributed by atoms with Crippen LogP contribution in [-0.2, 0) is 0 Å². The van der Waals surface area contributed by atoms with Crippen molar-refractivity contribution < 1.29 is 18.4 Å². The van der Waals surface area contributed by atoms with Crippen molar-refractivity contribution in [1.29, 1.82) is 0 Å². The summed E-state index contributed by atoms with van der Waals surface area (Å²) in [7, 11) is 0. The van der Waals surface area contributed by atoms with Crippen LogP contribution in [0.1, 0.15) is 26.5 Å². The third kappa shape index (κ3) is 4.49. The lowest BCUT2D eigenvalue weighted by molar-refractivity contribution is 0.0530. The van der Waals surface area contributed by atoms with Gasteiger partial charge in [-0.1, -0.05) is 23.7 Å². The van der Waals surface area contributed by atoms with Crippen molar-refractivity contribution in [3.8, 4) is 5.69 Å². The van der Waals surface area contributed by atoms with Crippen molar-refractivity contribution in [3.05, 3.63) is 92.4 Å². The summed E-state index contributed by atoms with van der Waals surface area (Å²) in [5, 5.41) is 4.15. The lowest BCUT2D eigenvalue weighted by Gasteiger charge is -2.34. The largest absolute Gasteiger partial charge is 0.335 e. The van der Waals surface area contributed by atoms with E-state index in [4.69, 9.17) is 11.6 Å². The molecule has 0 aliphatic carbocycles. The van der Waals surface area contributed by atoms with Gasteiger partial charge in [0.05, 0.1) is 10.6 Å². The number of carbonyl (C=O) groups is 2. The van der Waals surface area contributed by atoms with Gasteiger partial charge in [-0.25, -0.2) is 13.5 Å². The van der Waals surface area contributed by atoms with Crippen molar-refractivity contribution in [2.75, 3.05) is 26.2 Å². The number of aromatic nitrogens is 2. The van der Waals surface area contributed by atoms with Crippen LogP contribution in [0.2, 0.25) is 5.02 Å². The average Bonchev–Trinajstić information content (AvgIpc) is 2.79. The fourth-order valence-corrected chi connectivity index (χ4v) is 3.91. The SMILES string of the molecule is Cc1cc(=O)c(C(=O)N2CCN(C(=O)c3ccc(F)cc3Cl)CC2)nn1-c1ccccc1F. The van der Waals surface area contributed by atoms with Crippen LogP contribution in [0.3, 0.4) is 0 Å². The van der Waals surface area contributed by atoms with E-state index in [9.17, 15) is 23.2 Å². The first-order valence-electron chi connectivity index (χ1n) is 10.2. The number of para-hydroxylation sites is 1. The van der Waals surface area contributed by atoms with Crippen LogP contribution >= 0.6 is 11.6 Å². The summed E-state index contributed by atoms with van der Waals surface area (Å²) in [6, 6.07) is 10.7. The molecule has 1 aliphatic heterocycles. The van der Waals surface area contributed by atoms with Gasteiger partial charge >= 0.3 is 0 Å². The quantitative estimate of drug-likeness (QED) is 0.587. The van der Waals surface area contributed by atoms with E-state index < -0.39 is 23.0 Å². The molecule has 2 amide bonds. The van der Waals surface area contributed by atoms with Crippen molar-refractivity contribution in [2.24, 2.45) is 0 Å². The zero-order valence-electron chi connectivity index (χ0n) is 17.6. The minimum Gasteiger partial charge on any atom is -0.335 e. The maximum atomic E-state index is 14.3. The molecule has 10 heteroatoms. The highest BCUT2D eigenvalue weighted by atomic mass is 35.5. The van der Waals surface area contributed by atoms with Gasteiger partial charge in [-0.15, -0.1) is 0 Å². The molecular weight excluding hydrogens is 454 g/mol. The normalized spacial score (nSPS) is 13.8. The lowest BCUT2D eigenvalue weighted by Crippen LogP contribution is -2.51. The number of benzene rings is 2. The minimum atomic E-state index is -0.600. The van der Waals surface area contributed by atoms with E-state index in [1.807, 2.05) is 0 Å². The number of aryl methyl sites for hydroxylation is 1. The van der Waals surface area contributed by atoms with Gasteiger partial charge in [-0.2, -0.15) is 5.10 Å². The molecule has 0 spiro atoms. The first kappa shape index (κ1) is 22.6. The Hall–Kier alpha value is -3.59. The predicted octanol–water partition coefficient (Wildman–Crippen LogP) is 3.07. The highest BCUT2D eigenvalue weighted by Crippen LogP contribution is 2.20. The second-order valence-electron chi connectivity index (χ2n) is 7.57. The summed E-state index contributed by atoms with van der Waals surface area (Å²) in [5.74, 6) is -2.06. The number of piperazine rings is 1. The Bertz CT molecular complexity index is 1300. The highest BCUT2D eigenvalue weighted by molar-refractivity contribution is 6.33. The molecule has 0 bridgehead atoms. The Labute approximate surface area is 192 Å². The van der Waals surface area contributed by atoms with Crippen LogP contribution in [0, 0.1) is 18.6 Å². The number of amides is 2. The van der Waals surface area contributed by atoms with Crippen molar-refractivity contribution in [2.45, 2.75) is 6.92 Å². The molecule has 33 heavy (non-hydrogen) atoms. The minimum absolute atomic E-state index is 0.0102.